The minimum atomic E-state index is -0.291. The van der Waals surface area contributed by atoms with Crippen LogP contribution in [0.15, 0.2) is 12.7 Å². The van der Waals surface area contributed by atoms with Crippen molar-refractivity contribution >= 4 is 11.9 Å². The van der Waals surface area contributed by atoms with Gasteiger partial charge in [-0.25, -0.2) is 0 Å². The first-order valence-electron chi connectivity index (χ1n) is 5.27. The van der Waals surface area contributed by atoms with E-state index in [4.69, 9.17) is 4.74 Å². The summed E-state index contributed by atoms with van der Waals surface area (Å²) in [6.45, 7) is 3.93. The molecule has 5 heteroatoms. The highest BCUT2D eigenvalue weighted by Gasteiger charge is 2.25. The molecule has 1 rings (SSSR count). The van der Waals surface area contributed by atoms with Gasteiger partial charge in [0.05, 0.1) is 19.6 Å². The Balaban J connectivity index is 2.37. The normalized spacial score (nSPS) is 24.6. The van der Waals surface area contributed by atoms with Gasteiger partial charge in [0, 0.05) is 12.6 Å². The molecule has 1 N–H and O–H groups in total. The molecule has 0 spiro atoms. The van der Waals surface area contributed by atoms with Crippen LogP contribution in [-0.4, -0.2) is 37.7 Å². The Hall–Kier alpha value is -1.36. The van der Waals surface area contributed by atoms with Crippen LogP contribution in [0, 0.1) is 0 Å². The zero-order chi connectivity index (χ0) is 12.0. The van der Waals surface area contributed by atoms with E-state index >= 15 is 0 Å². The molecule has 1 heterocycles. The van der Waals surface area contributed by atoms with Crippen molar-refractivity contribution in [1.82, 2.24) is 5.32 Å². The van der Waals surface area contributed by atoms with Gasteiger partial charge < -0.3 is 14.8 Å². The van der Waals surface area contributed by atoms with Gasteiger partial charge in [0.2, 0.25) is 5.91 Å². The number of nitrogens with one attached hydrogen (secondary N) is 1. The van der Waals surface area contributed by atoms with Gasteiger partial charge in [-0.1, -0.05) is 6.58 Å². The van der Waals surface area contributed by atoms with Gasteiger partial charge in [-0.2, -0.15) is 0 Å². The number of ether oxygens (including phenoxy) is 2. The predicted molar refractivity (Wildman–Crippen MR) is 57.7 cm³/mol. The molecule has 0 bridgehead atoms. The van der Waals surface area contributed by atoms with Crippen LogP contribution < -0.4 is 5.32 Å². The summed E-state index contributed by atoms with van der Waals surface area (Å²) in [5, 5.41) is 2.80. The summed E-state index contributed by atoms with van der Waals surface area (Å²) in [6, 6.07) is 0.0499. The molecular weight excluding hydrogens is 210 g/mol. The van der Waals surface area contributed by atoms with Crippen molar-refractivity contribution < 1.29 is 19.1 Å². The largest absolute Gasteiger partial charge is 0.469 e. The Bertz CT molecular complexity index is 277. The molecule has 2 atom stereocenters. The molecule has 1 amide bonds. The molecule has 0 aromatic carbocycles. The van der Waals surface area contributed by atoms with Gasteiger partial charge in [0.15, 0.2) is 0 Å². The van der Waals surface area contributed by atoms with E-state index in [1.807, 2.05) is 0 Å². The smallest absolute Gasteiger partial charge is 0.308 e. The SMILES string of the molecule is C=CC(=O)NC1CCOC(CC(=O)OC)C1. The maximum Gasteiger partial charge on any atom is 0.308 e. The summed E-state index contributed by atoms with van der Waals surface area (Å²) in [6.07, 6.45) is 2.70. The number of rotatable bonds is 4. The molecule has 0 radical (unpaired) electrons. The first kappa shape index (κ1) is 12.7. The molecule has 16 heavy (non-hydrogen) atoms. The average molecular weight is 227 g/mol. The lowest BCUT2D eigenvalue weighted by atomic mass is 10.0. The molecule has 0 saturated carbocycles. The standard InChI is InChI=1S/C11H17NO4/c1-3-10(13)12-8-4-5-16-9(6-8)7-11(14)15-2/h3,8-9H,1,4-7H2,2H3,(H,12,13). The molecule has 2 unspecified atom stereocenters. The molecule has 1 saturated heterocycles. The number of esters is 1. The average Bonchev–Trinajstić information content (AvgIpc) is 2.29. The van der Waals surface area contributed by atoms with Crippen molar-refractivity contribution in [3.05, 3.63) is 12.7 Å². The fourth-order valence-corrected chi connectivity index (χ4v) is 1.68. The van der Waals surface area contributed by atoms with Crippen LogP contribution in [0.5, 0.6) is 0 Å². The number of methoxy groups -OCH3 is 1. The van der Waals surface area contributed by atoms with Crippen molar-refractivity contribution in [2.24, 2.45) is 0 Å². The van der Waals surface area contributed by atoms with E-state index < -0.39 is 0 Å². The third-order valence-corrected chi connectivity index (χ3v) is 2.52. The molecule has 0 aliphatic carbocycles. The van der Waals surface area contributed by atoms with Crippen molar-refractivity contribution in [3.63, 3.8) is 0 Å². The molecule has 0 aromatic heterocycles. The van der Waals surface area contributed by atoms with Gasteiger partial charge in [-0.15, -0.1) is 0 Å². The number of hydrogen-bond acceptors (Lipinski definition) is 4. The van der Waals surface area contributed by atoms with E-state index in [9.17, 15) is 9.59 Å². The maximum absolute atomic E-state index is 11.1. The second kappa shape index (κ2) is 6.27. The predicted octanol–water partition coefficient (Wildman–Crippen LogP) is 0.399. The first-order chi connectivity index (χ1) is 7.65. The summed E-state index contributed by atoms with van der Waals surface area (Å²) < 4.78 is 9.99. The molecule has 5 nitrogen and oxygen atoms in total. The Labute approximate surface area is 94.8 Å². The summed E-state index contributed by atoms with van der Waals surface area (Å²) in [4.78, 5) is 22.2. The molecule has 0 aromatic rings. The molecule has 1 aliphatic rings. The fourth-order valence-electron chi connectivity index (χ4n) is 1.68. The van der Waals surface area contributed by atoms with E-state index in [1.54, 1.807) is 0 Å². The Morgan fingerprint density at radius 2 is 2.38 bits per heavy atom. The highest BCUT2D eigenvalue weighted by atomic mass is 16.5. The minimum absolute atomic E-state index is 0.0499. The van der Waals surface area contributed by atoms with Crippen LogP contribution in [-0.2, 0) is 19.1 Å². The zero-order valence-electron chi connectivity index (χ0n) is 9.40. The van der Waals surface area contributed by atoms with E-state index in [2.05, 4.69) is 16.6 Å². The Morgan fingerprint density at radius 1 is 1.62 bits per heavy atom. The minimum Gasteiger partial charge on any atom is -0.469 e. The van der Waals surface area contributed by atoms with Crippen molar-refractivity contribution in [2.75, 3.05) is 13.7 Å². The first-order valence-corrected chi connectivity index (χ1v) is 5.27. The van der Waals surface area contributed by atoms with E-state index in [-0.39, 0.29) is 30.4 Å². The molecule has 1 fully saturated rings. The van der Waals surface area contributed by atoms with Gasteiger partial charge in [0.1, 0.15) is 0 Å². The third-order valence-electron chi connectivity index (χ3n) is 2.52. The summed E-state index contributed by atoms with van der Waals surface area (Å²) >= 11 is 0. The lowest BCUT2D eigenvalue weighted by Crippen LogP contribution is -2.42. The monoisotopic (exact) mass is 227 g/mol. The quantitative estimate of drug-likeness (QED) is 0.557. The van der Waals surface area contributed by atoms with Gasteiger partial charge in [-0.05, 0) is 18.9 Å². The summed E-state index contributed by atoms with van der Waals surface area (Å²) in [7, 11) is 1.35. The topological polar surface area (TPSA) is 64.6 Å². The summed E-state index contributed by atoms with van der Waals surface area (Å²) in [5.74, 6) is -0.482. The van der Waals surface area contributed by atoms with Gasteiger partial charge in [0.25, 0.3) is 0 Å². The number of hydrogen-bond donors (Lipinski definition) is 1. The second-order valence-corrected chi connectivity index (χ2v) is 3.71. The highest BCUT2D eigenvalue weighted by Crippen LogP contribution is 2.17. The zero-order valence-corrected chi connectivity index (χ0v) is 9.40. The van der Waals surface area contributed by atoms with Crippen LogP contribution in [0.3, 0.4) is 0 Å². The van der Waals surface area contributed by atoms with Crippen molar-refractivity contribution in [2.45, 2.75) is 31.4 Å². The van der Waals surface area contributed by atoms with E-state index in [0.717, 1.165) is 6.42 Å². The lowest BCUT2D eigenvalue weighted by molar-refractivity contribution is -0.144. The van der Waals surface area contributed by atoms with Crippen LogP contribution in [0.25, 0.3) is 0 Å². The number of carbonyl (C=O) groups is 2. The molecular formula is C11H17NO4. The van der Waals surface area contributed by atoms with Crippen LogP contribution in [0.4, 0.5) is 0 Å². The van der Waals surface area contributed by atoms with E-state index in [0.29, 0.717) is 13.0 Å². The molecule has 90 valence electrons. The van der Waals surface area contributed by atoms with Gasteiger partial charge in [-0.3, -0.25) is 9.59 Å². The number of amides is 1. The molecule has 1 aliphatic heterocycles. The Kier molecular flexibility index (Phi) is 4.98. The van der Waals surface area contributed by atoms with Crippen LogP contribution in [0.1, 0.15) is 19.3 Å². The lowest BCUT2D eigenvalue weighted by Gasteiger charge is -2.29. The highest BCUT2D eigenvalue weighted by molar-refractivity contribution is 5.87. The van der Waals surface area contributed by atoms with Crippen LogP contribution >= 0.6 is 0 Å². The number of carbonyl (C=O) groups excluding carboxylic acids is 2. The summed E-state index contributed by atoms with van der Waals surface area (Å²) in [5.41, 5.74) is 0. The third kappa shape index (κ3) is 4.02. The van der Waals surface area contributed by atoms with Crippen molar-refractivity contribution in [3.8, 4) is 0 Å². The Morgan fingerprint density at radius 3 is 3.00 bits per heavy atom. The van der Waals surface area contributed by atoms with Crippen LogP contribution in [0.2, 0.25) is 0 Å². The second-order valence-electron chi connectivity index (χ2n) is 3.71. The van der Waals surface area contributed by atoms with Gasteiger partial charge >= 0.3 is 5.97 Å². The van der Waals surface area contributed by atoms with E-state index in [1.165, 1.54) is 13.2 Å². The fraction of sp³-hybridized carbons (Fsp3) is 0.636. The maximum atomic E-state index is 11.1. The van der Waals surface area contributed by atoms with Crippen molar-refractivity contribution in [1.29, 1.82) is 0 Å².